The molecule has 260 valence electrons. The van der Waals surface area contributed by atoms with E-state index in [2.05, 4.69) is 30.5 Å². The van der Waals surface area contributed by atoms with Crippen LogP contribution in [-0.4, -0.2) is 59.9 Å². The summed E-state index contributed by atoms with van der Waals surface area (Å²) in [5, 5.41) is 8.81. The van der Waals surface area contributed by atoms with E-state index in [4.69, 9.17) is 24.8 Å². The van der Waals surface area contributed by atoms with E-state index in [9.17, 15) is 23.8 Å². The van der Waals surface area contributed by atoms with Gasteiger partial charge in [0.15, 0.2) is 6.10 Å². The Labute approximate surface area is 274 Å². The number of aliphatic carboxylic acids is 1. The number of carbonyl (C=O) groups is 3. The largest absolute Gasteiger partial charge is 0.480 e. The van der Waals surface area contributed by atoms with Gasteiger partial charge in [0, 0.05) is 12.8 Å². The first-order chi connectivity index (χ1) is 22.1. The predicted octanol–water partition coefficient (Wildman–Crippen LogP) is 7.05. The topological polar surface area (TPSA) is 172 Å². The number of unbranched alkanes of at least 4 members (excludes halogenated alkanes) is 6. The normalized spacial score (nSPS) is 15.0. The monoisotopic (exact) mass is 667 g/mol. The van der Waals surface area contributed by atoms with Gasteiger partial charge in [0.05, 0.1) is 13.2 Å². The number of rotatable bonds is 28. The van der Waals surface area contributed by atoms with Gasteiger partial charge in [-0.15, -0.1) is 0 Å². The lowest BCUT2D eigenvalue weighted by atomic mass is 10.1. The molecular weight excluding hydrogens is 613 g/mol. The molecule has 0 aromatic carbocycles. The van der Waals surface area contributed by atoms with E-state index in [1.165, 1.54) is 19.3 Å². The molecule has 0 aliphatic carbocycles. The second-order valence-electron chi connectivity index (χ2n) is 10.3. The molecule has 4 N–H and O–H groups in total. The Hall–Kier alpha value is -3.08. The van der Waals surface area contributed by atoms with Gasteiger partial charge < -0.3 is 25.2 Å². The predicted molar refractivity (Wildman–Crippen MR) is 180 cm³/mol. The highest BCUT2D eigenvalue weighted by Crippen LogP contribution is 2.43. The molecule has 46 heavy (non-hydrogen) atoms. The van der Waals surface area contributed by atoms with Crippen LogP contribution in [0.4, 0.5) is 0 Å². The van der Waals surface area contributed by atoms with Gasteiger partial charge in [0.25, 0.3) is 0 Å². The number of hydrogen-bond donors (Lipinski definition) is 3. The molecule has 0 aromatic heterocycles. The molecule has 0 aliphatic rings. The Balaban J connectivity index is 4.75. The molecule has 12 heteroatoms. The number of allylic oxidation sites excluding steroid dienone is 12. The molecule has 0 rings (SSSR count). The molecule has 0 bridgehead atoms. The lowest BCUT2D eigenvalue weighted by molar-refractivity contribution is -0.161. The van der Waals surface area contributed by atoms with Crippen molar-refractivity contribution < 1.29 is 47.5 Å². The maximum Gasteiger partial charge on any atom is 0.472 e. The highest BCUT2D eigenvalue weighted by Gasteiger charge is 2.28. The molecule has 3 atom stereocenters. The van der Waals surface area contributed by atoms with Gasteiger partial charge in [-0.05, 0) is 44.9 Å². The fourth-order valence-corrected chi connectivity index (χ4v) is 4.29. The Morgan fingerprint density at radius 3 is 1.85 bits per heavy atom. The Morgan fingerprint density at radius 1 is 0.696 bits per heavy atom. The molecular formula is C34H54NO10P. The van der Waals surface area contributed by atoms with E-state index in [0.717, 1.165) is 25.7 Å². The standard InChI is InChI=1S/C34H54NO10P/c1-3-5-7-9-11-13-14-15-16-18-20-22-24-26-33(37)45-30(28-43-46(40,41)44-29-31(35)34(38)39)27-42-32(36)25-23-21-19-17-12-10-8-6-4-2/h5,7,9,11,13-20,30-31H,3-4,6,8,10,12,21-29,35H2,1-2H3,(H,38,39)(H,40,41)/b7-5+,11-9+,14-13+,16-15+,19-17+,20-18+/t30?,31-/m0/s1. The van der Waals surface area contributed by atoms with Crippen molar-refractivity contribution in [1.29, 1.82) is 0 Å². The smallest absolute Gasteiger partial charge is 0.472 e. The van der Waals surface area contributed by atoms with Gasteiger partial charge in [0.1, 0.15) is 12.6 Å². The van der Waals surface area contributed by atoms with Crippen LogP contribution < -0.4 is 5.73 Å². The summed E-state index contributed by atoms with van der Waals surface area (Å²) in [6.07, 6.45) is 31.6. The first kappa shape index (κ1) is 42.9. The van der Waals surface area contributed by atoms with E-state index < -0.39 is 57.7 Å². The van der Waals surface area contributed by atoms with Crippen molar-refractivity contribution in [3.05, 3.63) is 72.9 Å². The minimum Gasteiger partial charge on any atom is -0.480 e. The van der Waals surface area contributed by atoms with Crippen LogP contribution >= 0.6 is 7.82 Å². The fourth-order valence-electron chi connectivity index (χ4n) is 3.51. The van der Waals surface area contributed by atoms with Crippen LogP contribution in [0.2, 0.25) is 0 Å². The zero-order chi connectivity index (χ0) is 34.3. The highest BCUT2D eigenvalue weighted by molar-refractivity contribution is 7.47. The van der Waals surface area contributed by atoms with Crippen LogP contribution in [0.1, 0.15) is 90.9 Å². The van der Waals surface area contributed by atoms with Gasteiger partial charge >= 0.3 is 25.7 Å². The molecule has 0 saturated heterocycles. The number of carbonyl (C=O) groups excluding carboxylic acids is 2. The number of phosphoric acid groups is 1. The highest BCUT2D eigenvalue weighted by atomic mass is 31.2. The molecule has 0 radical (unpaired) electrons. The minimum atomic E-state index is -4.73. The number of nitrogens with two attached hydrogens (primary N) is 1. The van der Waals surface area contributed by atoms with Crippen molar-refractivity contribution in [3.8, 4) is 0 Å². The van der Waals surface area contributed by atoms with Gasteiger partial charge in [-0.2, -0.15) is 0 Å². The second kappa shape index (κ2) is 29.3. The summed E-state index contributed by atoms with van der Waals surface area (Å²) in [7, 11) is -4.73. The Morgan fingerprint density at radius 2 is 1.24 bits per heavy atom. The molecule has 0 amide bonds. The van der Waals surface area contributed by atoms with Crippen LogP contribution in [-0.2, 0) is 37.5 Å². The van der Waals surface area contributed by atoms with Gasteiger partial charge in [-0.1, -0.05) is 106 Å². The number of carboxylic acid groups (broad SMARTS) is 1. The van der Waals surface area contributed by atoms with Crippen LogP contribution in [0, 0.1) is 0 Å². The molecule has 0 heterocycles. The molecule has 0 aliphatic heterocycles. The number of phosphoric ester groups is 1. The van der Waals surface area contributed by atoms with Crippen LogP contribution in [0.15, 0.2) is 72.9 Å². The SMILES string of the molecule is CC/C=C/C=C/C=C/C=C/C=C/CCCC(=O)OC(COC(=O)CCC/C=C/CCCCCC)COP(=O)(O)OC[C@H](N)C(=O)O. The van der Waals surface area contributed by atoms with E-state index in [0.29, 0.717) is 19.3 Å². The van der Waals surface area contributed by atoms with E-state index in [-0.39, 0.29) is 12.8 Å². The first-order valence-corrected chi connectivity index (χ1v) is 17.5. The number of ether oxygens (including phenoxy) is 2. The molecule has 0 saturated carbocycles. The summed E-state index contributed by atoms with van der Waals surface area (Å²) >= 11 is 0. The van der Waals surface area contributed by atoms with Crippen molar-refractivity contribution in [3.63, 3.8) is 0 Å². The molecule has 2 unspecified atom stereocenters. The van der Waals surface area contributed by atoms with Gasteiger partial charge in [0.2, 0.25) is 0 Å². The van der Waals surface area contributed by atoms with Crippen molar-refractivity contribution in [1.82, 2.24) is 0 Å². The van der Waals surface area contributed by atoms with Crippen LogP contribution in [0.3, 0.4) is 0 Å². The van der Waals surface area contributed by atoms with Gasteiger partial charge in [-0.3, -0.25) is 23.4 Å². The second-order valence-corrected chi connectivity index (χ2v) is 11.8. The molecule has 11 nitrogen and oxygen atoms in total. The lowest BCUT2D eigenvalue weighted by Crippen LogP contribution is -2.34. The maximum absolute atomic E-state index is 12.4. The van der Waals surface area contributed by atoms with Gasteiger partial charge in [-0.25, -0.2) is 4.57 Å². The summed E-state index contributed by atoms with van der Waals surface area (Å²) in [5.41, 5.74) is 5.28. The first-order valence-electron chi connectivity index (χ1n) is 16.0. The summed E-state index contributed by atoms with van der Waals surface area (Å²) < 4.78 is 32.2. The summed E-state index contributed by atoms with van der Waals surface area (Å²) in [6, 6.07) is -1.54. The quantitative estimate of drug-likeness (QED) is 0.0257. The lowest BCUT2D eigenvalue weighted by Gasteiger charge is -2.20. The Bertz CT molecular complexity index is 1060. The third-order valence-electron chi connectivity index (χ3n) is 6.07. The molecule has 0 fully saturated rings. The number of hydrogen-bond acceptors (Lipinski definition) is 9. The van der Waals surface area contributed by atoms with Crippen LogP contribution in [0.25, 0.3) is 0 Å². The van der Waals surface area contributed by atoms with Crippen molar-refractivity contribution >= 4 is 25.7 Å². The average Bonchev–Trinajstić information content (AvgIpc) is 3.02. The maximum atomic E-state index is 12.4. The molecule has 0 aromatic rings. The zero-order valence-corrected chi connectivity index (χ0v) is 28.3. The van der Waals surface area contributed by atoms with Crippen molar-refractivity contribution in [2.45, 2.75) is 103 Å². The summed E-state index contributed by atoms with van der Waals surface area (Å²) in [4.78, 5) is 45.4. The minimum absolute atomic E-state index is 0.0556. The third kappa shape index (κ3) is 28.4. The van der Waals surface area contributed by atoms with E-state index >= 15 is 0 Å². The third-order valence-corrected chi connectivity index (χ3v) is 7.02. The van der Waals surface area contributed by atoms with Crippen molar-refractivity contribution in [2.75, 3.05) is 19.8 Å². The molecule has 0 spiro atoms. The average molecular weight is 668 g/mol. The number of carboxylic acids is 1. The van der Waals surface area contributed by atoms with Crippen molar-refractivity contribution in [2.24, 2.45) is 5.73 Å². The van der Waals surface area contributed by atoms with E-state index in [1.54, 1.807) is 0 Å². The van der Waals surface area contributed by atoms with E-state index in [1.807, 2.05) is 60.8 Å². The Kier molecular flexibility index (Phi) is 27.4. The number of esters is 2. The summed E-state index contributed by atoms with van der Waals surface area (Å²) in [5.74, 6) is -2.54. The summed E-state index contributed by atoms with van der Waals surface area (Å²) in [6.45, 7) is 2.44. The zero-order valence-electron chi connectivity index (χ0n) is 27.4. The van der Waals surface area contributed by atoms with Crippen LogP contribution in [0.5, 0.6) is 0 Å². The fraction of sp³-hybridized carbons (Fsp3) is 0.559.